The van der Waals surface area contributed by atoms with E-state index in [1.165, 1.54) is 12.1 Å². The summed E-state index contributed by atoms with van der Waals surface area (Å²) in [6.45, 7) is 0. The van der Waals surface area contributed by atoms with Crippen LogP contribution < -0.4 is 11.1 Å². The third-order valence-corrected chi connectivity index (χ3v) is 3.62. The van der Waals surface area contributed by atoms with Crippen molar-refractivity contribution in [1.29, 1.82) is 0 Å². The summed E-state index contributed by atoms with van der Waals surface area (Å²) in [6, 6.07) is 10.8. The third-order valence-electron chi connectivity index (χ3n) is 2.62. The molecule has 21 heavy (non-hydrogen) atoms. The van der Waals surface area contributed by atoms with Crippen LogP contribution in [-0.2, 0) is 0 Å². The molecule has 0 bridgehead atoms. The first-order valence-electron chi connectivity index (χ1n) is 5.87. The molecule has 2 aromatic rings. The molecule has 0 amide bonds. The first-order valence-corrected chi connectivity index (χ1v) is 7.16. The monoisotopic (exact) mass is 328 g/mol. The minimum atomic E-state index is -2.53. The van der Waals surface area contributed by atoms with Gasteiger partial charge >= 0.3 is 0 Å². The lowest BCUT2D eigenvalue weighted by atomic mass is 10.2. The van der Waals surface area contributed by atoms with Crippen molar-refractivity contribution in [3.05, 3.63) is 53.8 Å². The molecule has 0 aliphatic carbocycles. The van der Waals surface area contributed by atoms with Crippen LogP contribution in [0, 0.1) is 5.82 Å². The van der Waals surface area contributed by atoms with Crippen molar-refractivity contribution in [2.45, 2.75) is 10.7 Å². The topological polar surface area (TPSA) is 38.0 Å². The zero-order valence-corrected chi connectivity index (χ0v) is 12.3. The number of nitrogens with two attached hydrogens (primary N) is 1. The molecule has 0 radical (unpaired) electrons. The van der Waals surface area contributed by atoms with E-state index >= 15 is 0 Å². The second-order valence-corrected chi connectivity index (χ2v) is 5.53. The Morgan fingerprint density at radius 3 is 2.52 bits per heavy atom. The van der Waals surface area contributed by atoms with Crippen LogP contribution in [0.2, 0.25) is 0 Å². The minimum Gasteiger partial charge on any atom is -0.389 e. The summed E-state index contributed by atoms with van der Waals surface area (Å²) in [5.74, 6) is -3.09. The molecule has 3 N–H and O–H groups in total. The molecule has 0 aromatic heterocycles. The van der Waals surface area contributed by atoms with Crippen LogP contribution in [0.25, 0.3) is 0 Å². The molecule has 0 heterocycles. The van der Waals surface area contributed by atoms with E-state index in [0.29, 0.717) is 28.0 Å². The van der Waals surface area contributed by atoms with Crippen molar-refractivity contribution in [2.75, 3.05) is 5.32 Å². The Morgan fingerprint density at radius 2 is 1.90 bits per heavy atom. The van der Waals surface area contributed by atoms with E-state index < -0.39 is 11.6 Å². The van der Waals surface area contributed by atoms with Gasteiger partial charge < -0.3 is 11.1 Å². The number of benzene rings is 2. The van der Waals surface area contributed by atoms with E-state index in [1.54, 1.807) is 30.3 Å². The summed E-state index contributed by atoms with van der Waals surface area (Å²) in [7, 11) is 0. The highest BCUT2D eigenvalue weighted by molar-refractivity contribution is 7.99. The van der Waals surface area contributed by atoms with E-state index in [2.05, 4.69) is 5.32 Å². The van der Waals surface area contributed by atoms with Gasteiger partial charge in [0.25, 0.3) is 5.76 Å². The summed E-state index contributed by atoms with van der Waals surface area (Å²) in [5.41, 5.74) is 6.43. The van der Waals surface area contributed by atoms with Crippen molar-refractivity contribution < 1.29 is 13.2 Å². The Balaban J connectivity index is 2.26. The molecule has 7 heteroatoms. The van der Waals surface area contributed by atoms with Gasteiger partial charge in [-0.3, -0.25) is 0 Å². The van der Waals surface area contributed by atoms with Gasteiger partial charge in [-0.25, -0.2) is 4.39 Å². The summed E-state index contributed by atoms with van der Waals surface area (Å²) in [5, 5.41) is 2.91. The van der Waals surface area contributed by atoms with Gasteiger partial charge in [-0.2, -0.15) is 8.78 Å². The Morgan fingerprint density at radius 1 is 1.19 bits per heavy atom. The van der Waals surface area contributed by atoms with Gasteiger partial charge in [0.1, 0.15) is 10.8 Å². The SMILES string of the molecule is NC(=S)c1ccc(Nc2ccccc2SC(F)F)cc1F. The van der Waals surface area contributed by atoms with E-state index in [0.717, 1.165) is 0 Å². The van der Waals surface area contributed by atoms with E-state index in [4.69, 9.17) is 18.0 Å². The van der Waals surface area contributed by atoms with Crippen molar-refractivity contribution in [2.24, 2.45) is 5.73 Å². The molecule has 0 fully saturated rings. The van der Waals surface area contributed by atoms with Crippen LogP contribution >= 0.6 is 24.0 Å². The largest absolute Gasteiger partial charge is 0.389 e. The number of anilines is 2. The molecule has 0 unspecified atom stereocenters. The number of rotatable bonds is 5. The average molecular weight is 328 g/mol. The molecule has 0 atom stereocenters. The van der Waals surface area contributed by atoms with Crippen LogP contribution in [0.3, 0.4) is 0 Å². The van der Waals surface area contributed by atoms with Gasteiger partial charge in [0, 0.05) is 16.1 Å². The van der Waals surface area contributed by atoms with Crippen LogP contribution in [-0.4, -0.2) is 10.7 Å². The maximum atomic E-state index is 13.8. The van der Waals surface area contributed by atoms with Crippen LogP contribution in [0.4, 0.5) is 24.5 Å². The molecule has 0 spiro atoms. The molecule has 2 nitrogen and oxygen atoms in total. The van der Waals surface area contributed by atoms with E-state index in [1.807, 2.05) is 0 Å². The predicted octanol–water partition coefficient (Wildman–Crippen LogP) is 4.52. The van der Waals surface area contributed by atoms with E-state index in [9.17, 15) is 13.2 Å². The Hall–Kier alpha value is -1.73. The fourth-order valence-electron chi connectivity index (χ4n) is 1.72. The third kappa shape index (κ3) is 4.12. The van der Waals surface area contributed by atoms with Gasteiger partial charge in [0.15, 0.2) is 0 Å². The second kappa shape index (κ2) is 6.82. The smallest absolute Gasteiger partial charge is 0.288 e. The van der Waals surface area contributed by atoms with Crippen LogP contribution in [0.1, 0.15) is 5.56 Å². The highest BCUT2D eigenvalue weighted by atomic mass is 32.2. The molecule has 0 aliphatic rings. The zero-order chi connectivity index (χ0) is 15.4. The number of alkyl halides is 2. The van der Waals surface area contributed by atoms with Crippen LogP contribution in [0.5, 0.6) is 0 Å². The highest BCUT2D eigenvalue weighted by Gasteiger charge is 2.11. The van der Waals surface area contributed by atoms with Gasteiger partial charge in [-0.15, -0.1) is 0 Å². The van der Waals surface area contributed by atoms with Crippen molar-refractivity contribution in [1.82, 2.24) is 0 Å². The average Bonchev–Trinajstić information content (AvgIpc) is 2.40. The number of hydrogen-bond acceptors (Lipinski definition) is 3. The lowest BCUT2D eigenvalue weighted by Gasteiger charge is -2.12. The summed E-state index contributed by atoms with van der Waals surface area (Å²) in [6.07, 6.45) is 0. The van der Waals surface area contributed by atoms with Gasteiger partial charge in [0.05, 0.1) is 5.69 Å². The lowest BCUT2D eigenvalue weighted by Crippen LogP contribution is -2.11. The summed E-state index contributed by atoms with van der Waals surface area (Å²) >= 11 is 5.15. The molecule has 2 aromatic carbocycles. The Bertz CT molecular complexity index is 662. The van der Waals surface area contributed by atoms with Gasteiger partial charge in [0.2, 0.25) is 0 Å². The number of para-hydroxylation sites is 1. The fourth-order valence-corrected chi connectivity index (χ4v) is 2.48. The summed E-state index contributed by atoms with van der Waals surface area (Å²) < 4.78 is 38.8. The normalized spacial score (nSPS) is 10.7. The molecule has 0 saturated heterocycles. The molecule has 110 valence electrons. The van der Waals surface area contributed by atoms with Crippen molar-refractivity contribution in [3.8, 4) is 0 Å². The molecule has 0 saturated carbocycles. The number of halogens is 3. The molecular formula is C14H11F3N2S2. The number of hydrogen-bond donors (Lipinski definition) is 2. The first kappa shape index (κ1) is 15.7. The summed E-state index contributed by atoms with van der Waals surface area (Å²) in [4.78, 5) is 0.346. The first-order chi connectivity index (χ1) is 9.97. The minimum absolute atomic E-state index is 0.0345. The number of thioether (sulfide) groups is 1. The maximum absolute atomic E-state index is 13.8. The van der Waals surface area contributed by atoms with Crippen LogP contribution in [0.15, 0.2) is 47.4 Å². The van der Waals surface area contributed by atoms with Crippen molar-refractivity contribution >= 4 is 40.3 Å². The standard InChI is InChI=1S/C14H11F3N2S2/c15-10-7-8(5-6-9(10)13(18)20)19-11-3-1-2-4-12(11)21-14(16)17/h1-7,14,19H,(H2,18,20). The van der Waals surface area contributed by atoms with Crippen molar-refractivity contribution in [3.63, 3.8) is 0 Å². The van der Waals surface area contributed by atoms with E-state index in [-0.39, 0.29) is 10.6 Å². The quantitative estimate of drug-likeness (QED) is 0.625. The Kier molecular flexibility index (Phi) is 5.08. The molecule has 2 rings (SSSR count). The maximum Gasteiger partial charge on any atom is 0.288 e. The molecule has 0 aliphatic heterocycles. The predicted molar refractivity (Wildman–Crippen MR) is 83.9 cm³/mol. The Labute approximate surface area is 129 Å². The van der Waals surface area contributed by atoms with Gasteiger partial charge in [-0.1, -0.05) is 36.1 Å². The number of nitrogens with one attached hydrogen (secondary N) is 1. The second-order valence-electron chi connectivity index (χ2n) is 4.06. The fraction of sp³-hybridized carbons (Fsp3) is 0.0714. The lowest BCUT2D eigenvalue weighted by molar-refractivity contribution is 0.252. The zero-order valence-electron chi connectivity index (χ0n) is 10.6. The highest BCUT2D eigenvalue weighted by Crippen LogP contribution is 2.33. The molecular weight excluding hydrogens is 317 g/mol. The number of thiocarbonyl (C=S) groups is 1. The van der Waals surface area contributed by atoms with Gasteiger partial charge in [-0.05, 0) is 30.3 Å².